The Morgan fingerprint density at radius 3 is 2.89 bits per heavy atom. The van der Waals surface area contributed by atoms with Gasteiger partial charge < -0.3 is 10.3 Å². The molecule has 1 heterocycles. The number of aromatic nitrogens is 2. The van der Waals surface area contributed by atoms with E-state index in [2.05, 4.69) is 22.2 Å². The summed E-state index contributed by atoms with van der Waals surface area (Å²) < 4.78 is 11.2. The average molecular weight is 292 g/mol. The first-order valence-electron chi connectivity index (χ1n) is 6.46. The van der Waals surface area contributed by atoms with E-state index in [0.29, 0.717) is 23.2 Å². The summed E-state index contributed by atoms with van der Waals surface area (Å²) in [6, 6.07) is 0. The molecular formula is C12H22ClN3OS. The number of nitrogens with one attached hydrogen (secondary N) is 2. The lowest BCUT2D eigenvalue weighted by atomic mass is 10.2. The molecule has 0 saturated heterocycles. The zero-order chi connectivity index (χ0) is 13.4. The monoisotopic (exact) mass is 291 g/mol. The number of aromatic amines is 1. The maximum Gasteiger partial charge on any atom is 0.151 e. The standard InChI is InChI=1S/C12H22ClN3OS/c1-3-5-6-11-15-10(12(13)16-11)9-14-7-8-18(17)4-2/h14H,3-9H2,1-2H3,(H,15,16). The summed E-state index contributed by atoms with van der Waals surface area (Å²) in [5.74, 6) is 2.36. The van der Waals surface area contributed by atoms with E-state index in [1.165, 1.54) is 0 Å². The average Bonchev–Trinajstić information content (AvgIpc) is 2.72. The molecule has 0 radical (unpaired) electrons. The highest BCUT2D eigenvalue weighted by molar-refractivity contribution is 7.84. The second-order valence-corrected chi connectivity index (χ2v) is 6.39. The van der Waals surface area contributed by atoms with Crippen molar-refractivity contribution in [2.45, 2.75) is 39.7 Å². The number of imidazole rings is 1. The van der Waals surface area contributed by atoms with Gasteiger partial charge in [0.25, 0.3) is 0 Å². The van der Waals surface area contributed by atoms with Crippen LogP contribution in [0, 0.1) is 0 Å². The molecule has 0 amide bonds. The smallest absolute Gasteiger partial charge is 0.151 e. The fourth-order valence-corrected chi connectivity index (χ4v) is 2.44. The maximum absolute atomic E-state index is 11.2. The molecule has 1 aromatic heterocycles. The van der Waals surface area contributed by atoms with Crippen molar-refractivity contribution < 1.29 is 4.21 Å². The zero-order valence-corrected chi connectivity index (χ0v) is 12.7. The van der Waals surface area contributed by atoms with Crippen molar-refractivity contribution in [1.82, 2.24) is 15.3 Å². The van der Waals surface area contributed by atoms with Crippen LogP contribution >= 0.6 is 11.6 Å². The van der Waals surface area contributed by atoms with Crippen LogP contribution in [0.4, 0.5) is 0 Å². The number of rotatable bonds is 9. The van der Waals surface area contributed by atoms with Crippen molar-refractivity contribution in [3.8, 4) is 0 Å². The van der Waals surface area contributed by atoms with E-state index in [9.17, 15) is 4.21 Å². The SMILES string of the molecule is CCCCc1nc(Cl)c(CNCCS(=O)CC)[nH]1. The molecule has 18 heavy (non-hydrogen) atoms. The van der Waals surface area contributed by atoms with E-state index in [1.807, 2.05) is 6.92 Å². The minimum Gasteiger partial charge on any atom is -0.344 e. The van der Waals surface area contributed by atoms with Gasteiger partial charge in [-0.15, -0.1) is 0 Å². The van der Waals surface area contributed by atoms with Crippen LogP contribution in [0.1, 0.15) is 38.2 Å². The number of aryl methyl sites for hydroxylation is 1. The lowest BCUT2D eigenvalue weighted by molar-refractivity contribution is 0.671. The molecule has 0 aliphatic rings. The second kappa shape index (κ2) is 8.67. The van der Waals surface area contributed by atoms with Gasteiger partial charge in [0.2, 0.25) is 0 Å². The number of nitrogens with zero attached hydrogens (tertiary/aromatic N) is 1. The first kappa shape index (κ1) is 15.7. The van der Waals surface area contributed by atoms with Gasteiger partial charge in [0.05, 0.1) is 5.69 Å². The van der Waals surface area contributed by atoms with Gasteiger partial charge in [-0.25, -0.2) is 4.98 Å². The number of hydrogen-bond donors (Lipinski definition) is 2. The molecule has 2 N–H and O–H groups in total. The molecular weight excluding hydrogens is 270 g/mol. The van der Waals surface area contributed by atoms with E-state index in [0.717, 1.165) is 37.3 Å². The van der Waals surface area contributed by atoms with Crippen LogP contribution in [-0.4, -0.2) is 32.2 Å². The third-order valence-electron chi connectivity index (χ3n) is 2.67. The van der Waals surface area contributed by atoms with Crippen molar-refractivity contribution in [1.29, 1.82) is 0 Å². The molecule has 1 atom stereocenters. The first-order chi connectivity index (χ1) is 8.67. The molecule has 104 valence electrons. The molecule has 1 aromatic rings. The van der Waals surface area contributed by atoms with Crippen LogP contribution in [0.15, 0.2) is 0 Å². The minimum atomic E-state index is -0.711. The van der Waals surface area contributed by atoms with Gasteiger partial charge in [-0.05, 0) is 6.42 Å². The third kappa shape index (κ3) is 5.50. The van der Waals surface area contributed by atoms with E-state index >= 15 is 0 Å². The Morgan fingerprint density at radius 1 is 1.44 bits per heavy atom. The highest BCUT2D eigenvalue weighted by Crippen LogP contribution is 2.13. The van der Waals surface area contributed by atoms with Gasteiger partial charge >= 0.3 is 0 Å². The van der Waals surface area contributed by atoms with Crippen molar-refractivity contribution in [2.24, 2.45) is 0 Å². The van der Waals surface area contributed by atoms with Gasteiger partial charge in [-0.1, -0.05) is 31.9 Å². The highest BCUT2D eigenvalue weighted by atomic mass is 35.5. The number of H-pyrrole nitrogens is 1. The number of halogens is 1. The fraction of sp³-hybridized carbons (Fsp3) is 0.750. The quantitative estimate of drug-likeness (QED) is 0.686. The second-order valence-electron chi connectivity index (χ2n) is 4.17. The van der Waals surface area contributed by atoms with Crippen LogP contribution in [-0.2, 0) is 23.8 Å². The summed E-state index contributed by atoms with van der Waals surface area (Å²) in [6.45, 7) is 5.47. The molecule has 0 bridgehead atoms. The summed E-state index contributed by atoms with van der Waals surface area (Å²) in [5, 5.41) is 3.77. The lowest BCUT2D eigenvalue weighted by Gasteiger charge is -2.02. The summed E-state index contributed by atoms with van der Waals surface area (Å²) in [5.41, 5.74) is 0.921. The van der Waals surface area contributed by atoms with E-state index in [-0.39, 0.29) is 0 Å². The molecule has 0 aromatic carbocycles. The molecule has 4 nitrogen and oxygen atoms in total. The van der Waals surface area contributed by atoms with E-state index < -0.39 is 10.8 Å². The summed E-state index contributed by atoms with van der Waals surface area (Å²) in [4.78, 5) is 7.53. The number of hydrogen-bond acceptors (Lipinski definition) is 3. The predicted octanol–water partition coefficient (Wildman–Crippen LogP) is 2.26. The summed E-state index contributed by atoms with van der Waals surface area (Å²) >= 11 is 6.05. The van der Waals surface area contributed by atoms with E-state index in [1.54, 1.807) is 0 Å². The van der Waals surface area contributed by atoms with Crippen LogP contribution < -0.4 is 5.32 Å². The largest absolute Gasteiger partial charge is 0.344 e. The van der Waals surface area contributed by atoms with Gasteiger partial charge in [0.15, 0.2) is 5.15 Å². The molecule has 6 heteroatoms. The highest BCUT2D eigenvalue weighted by Gasteiger charge is 2.07. The van der Waals surface area contributed by atoms with Crippen molar-refractivity contribution >= 4 is 22.4 Å². The van der Waals surface area contributed by atoms with Gasteiger partial charge in [0.1, 0.15) is 5.82 Å². The molecule has 0 saturated carbocycles. The van der Waals surface area contributed by atoms with Crippen LogP contribution in [0.3, 0.4) is 0 Å². The van der Waals surface area contributed by atoms with Crippen LogP contribution in [0.2, 0.25) is 5.15 Å². The van der Waals surface area contributed by atoms with Crippen LogP contribution in [0.25, 0.3) is 0 Å². The van der Waals surface area contributed by atoms with Crippen molar-refractivity contribution in [2.75, 3.05) is 18.1 Å². The Kier molecular flexibility index (Phi) is 7.54. The van der Waals surface area contributed by atoms with E-state index in [4.69, 9.17) is 11.6 Å². The predicted molar refractivity (Wildman–Crippen MR) is 77.5 cm³/mol. The minimum absolute atomic E-state index is 0.546. The number of unbranched alkanes of at least 4 members (excludes halogenated alkanes) is 1. The van der Waals surface area contributed by atoms with Gasteiger partial charge in [-0.2, -0.15) is 0 Å². The summed E-state index contributed by atoms with van der Waals surface area (Å²) in [7, 11) is -0.711. The Morgan fingerprint density at radius 2 is 2.22 bits per heavy atom. The first-order valence-corrected chi connectivity index (χ1v) is 8.32. The fourth-order valence-electron chi connectivity index (χ4n) is 1.56. The normalized spacial score (nSPS) is 12.8. The third-order valence-corrected chi connectivity index (χ3v) is 4.29. The molecule has 0 aliphatic heterocycles. The Labute approximate surface area is 116 Å². The van der Waals surface area contributed by atoms with Crippen molar-refractivity contribution in [3.05, 3.63) is 16.7 Å². The zero-order valence-electron chi connectivity index (χ0n) is 11.1. The lowest BCUT2D eigenvalue weighted by Crippen LogP contribution is -2.21. The van der Waals surface area contributed by atoms with Crippen molar-refractivity contribution in [3.63, 3.8) is 0 Å². The van der Waals surface area contributed by atoms with Gasteiger partial charge in [-0.3, -0.25) is 4.21 Å². The Balaban J connectivity index is 2.33. The molecule has 1 rings (SSSR count). The van der Waals surface area contributed by atoms with Gasteiger partial charge in [0, 0.05) is 41.8 Å². The molecule has 0 aliphatic carbocycles. The molecule has 0 fully saturated rings. The Bertz CT molecular complexity index is 381. The maximum atomic E-state index is 11.2. The molecule has 0 spiro atoms. The van der Waals surface area contributed by atoms with Crippen LogP contribution in [0.5, 0.6) is 0 Å². The molecule has 1 unspecified atom stereocenters. The topological polar surface area (TPSA) is 57.8 Å². The Hall–Kier alpha value is -0.390. The summed E-state index contributed by atoms with van der Waals surface area (Å²) in [6.07, 6.45) is 3.21.